The number of benzene rings is 2. The molecule has 1 aromatic heterocycles. The average Bonchev–Trinajstić information content (AvgIpc) is 3.04. The number of carbonyl (C=O) groups is 1. The Morgan fingerprint density at radius 1 is 1.16 bits per heavy atom. The van der Waals surface area contributed by atoms with Gasteiger partial charge in [0.1, 0.15) is 0 Å². The zero-order valence-corrected chi connectivity index (χ0v) is 14.7. The van der Waals surface area contributed by atoms with E-state index in [1.54, 1.807) is 12.1 Å². The van der Waals surface area contributed by atoms with Gasteiger partial charge < -0.3 is 4.90 Å². The summed E-state index contributed by atoms with van der Waals surface area (Å²) in [4.78, 5) is 25.9. The molecule has 5 nitrogen and oxygen atoms in total. The molecule has 3 rings (SSSR count). The summed E-state index contributed by atoms with van der Waals surface area (Å²) in [5, 5.41) is 11.7. The highest BCUT2D eigenvalue weighted by atomic mass is 32.1. The predicted molar refractivity (Wildman–Crippen MR) is 100.0 cm³/mol. The summed E-state index contributed by atoms with van der Waals surface area (Å²) in [5.74, 6) is -0.0328. The fraction of sp³-hybridized carbons (Fsp3) is 0.211. The standard InChI is InChI=1S/C19H18N2O3S/c1-2-10-20(13-14-6-4-3-5-7-14)19(22)18-12-15-11-16(21(23)24)8-9-17(15)25-18/h3-9,11-12H,2,10,13H2,1H3. The number of thiophene rings is 1. The molecule has 3 aromatic rings. The first-order chi connectivity index (χ1) is 12.1. The normalized spacial score (nSPS) is 10.8. The summed E-state index contributed by atoms with van der Waals surface area (Å²) in [6, 6.07) is 16.3. The van der Waals surface area contributed by atoms with E-state index in [9.17, 15) is 14.9 Å². The number of nitrogens with zero attached hydrogens (tertiary/aromatic N) is 2. The summed E-state index contributed by atoms with van der Waals surface area (Å²) in [6.07, 6.45) is 0.870. The zero-order valence-electron chi connectivity index (χ0n) is 13.8. The van der Waals surface area contributed by atoms with Crippen molar-refractivity contribution in [2.45, 2.75) is 19.9 Å². The summed E-state index contributed by atoms with van der Waals surface area (Å²) < 4.78 is 0.880. The van der Waals surface area contributed by atoms with E-state index >= 15 is 0 Å². The summed E-state index contributed by atoms with van der Waals surface area (Å²) in [6.45, 7) is 3.27. The van der Waals surface area contributed by atoms with Crippen LogP contribution in [-0.2, 0) is 6.54 Å². The number of hydrogen-bond acceptors (Lipinski definition) is 4. The van der Waals surface area contributed by atoms with Crippen LogP contribution in [0.2, 0.25) is 0 Å². The highest BCUT2D eigenvalue weighted by molar-refractivity contribution is 7.20. The molecule has 0 unspecified atom stereocenters. The third-order valence-corrected chi connectivity index (χ3v) is 5.02. The fourth-order valence-corrected chi connectivity index (χ4v) is 3.74. The molecule has 0 spiro atoms. The molecule has 25 heavy (non-hydrogen) atoms. The van der Waals surface area contributed by atoms with Crippen molar-refractivity contribution < 1.29 is 9.72 Å². The van der Waals surface area contributed by atoms with Gasteiger partial charge in [0.15, 0.2) is 0 Å². The molecule has 0 fully saturated rings. The lowest BCUT2D eigenvalue weighted by molar-refractivity contribution is -0.384. The zero-order chi connectivity index (χ0) is 17.8. The molecular formula is C19H18N2O3S. The van der Waals surface area contributed by atoms with Gasteiger partial charge in [0.2, 0.25) is 0 Å². The van der Waals surface area contributed by atoms with Crippen LogP contribution in [0.15, 0.2) is 54.6 Å². The quantitative estimate of drug-likeness (QED) is 0.469. The Morgan fingerprint density at radius 3 is 2.60 bits per heavy atom. The molecule has 0 atom stereocenters. The second-order valence-electron chi connectivity index (χ2n) is 5.80. The second kappa shape index (κ2) is 7.44. The topological polar surface area (TPSA) is 63.5 Å². The van der Waals surface area contributed by atoms with E-state index < -0.39 is 4.92 Å². The van der Waals surface area contributed by atoms with Gasteiger partial charge in [0, 0.05) is 35.3 Å². The third kappa shape index (κ3) is 3.85. The van der Waals surface area contributed by atoms with Crippen molar-refractivity contribution in [3.63, 3.8) is 0 Å². The van der Waals surface area contributed by atoms with Crippen molar-refractivity contribution in [1.82, 2.24) is 4.90 Å². The number of amides is 1. The smallest absolute Gasteiger partial charge is 0.270 e. The molecule has 0 radical (unpaired) electrons. The van der Waals surface area contributed by atoms with Crippen LogP contribution in [0.3, 0.4) is 0 Å². The molecule has 0 N–H and O–H groups in total. The van der Waals surface area contributed by atoms with Crippen LogP contribution in [-0.4, -0.2) is 22.3 Å². The van der Waals surface area contributed by atoms with Crippen LogP contribution >= 0.6 is 11.3 Å². The Kier molecular flexibility index (Phi) is 5.09. The minimum Gasteiger partial charge on any atom is -0.334 e. The first-order valence-electron chi connectivity index (χ1n) is 8.09. The molecule has 6 heteroatoms. The van der Waals surface area contributed by atoms with Gasteiger partial charge >= 0.3 is 0 Å². The minimum absolute atomic E-state index is 0.0328. The number of hydrogen-bond donors (Lipinski definition) is 0. The van der Waals surface area contributed by atoms with E-state index in [1.807, 2.05) is 42.2 Å². The number of nitro groups is 1. The van der Waals surface area contributed by atoms with Gasteiger partial charge in [-0.15, -0.1) is 11.3 Å². The maximum atomic E-state index is 12.9. The van der Waals surface area contributed by atoms with E-state index in [0.29, 0.717) is 18.0 Å². The molecule has 0 aliphatic heterocycles. The van der Waals surface area contributed by atoms with Gasteiger partial charge in [0.25, 0.3) is 11.6 Å². The number of carbonyl (C=O) groups excluding carboxylic acids is 1. The first kappa shape index (κ1) is 17.1. The van der Waals surface area contributed by atoms with E-state index in [-0.39, 0.29) is 11.6 Å². The van der Waals surface area contributed by atoms with Crippen LogP contribution < -0.4 is 0 Å². The number of non-ortho nitro benzene ring substituents is 1. The lowest BCUT2D eigenvalue weighted by Crippen LogP contribution is -2.30. The van der Waals surface area contributed by atoms with Crippen molar-refractivity contribution in [3.8, 4) is 0 Å². The second-order valence-corrected chi connectivity index (χ2v) is 6.89. The van der Waals surface area contributed by atoms with Crippen LogP contribution in [0.4, 0.5) is 5.69 Å². The Morgan fingerprint density at radius 2 is 1.92 bits per heavy atom. The van der Waals surface area contributed by atoms with Crippen molar-refractivity contribution >= 4 is 33.0 Å². The summed E-state index contributed by atoms with van der Waals surface area (Å²) >= 11 is 1.38. The van der Waals surface area contributed by atoms with Gasteiger partial charge in [-0.05, 0) is 24.1 Å². The predicted octanol–water partition coefficient (Wildman–Crippen LogP) is 4.86. The van der Waals surface area contributed by atoms with Gasteiger partial charge in [-0.2, -0.15) is 0 Å². The molecule has 0 aliphatic rings. The largest absolute Gasteiger partial charge is 0.334 e. The number of nitro benzene ring substituents is 1. The highest BCUT2D eigenvalue weighted by Gasteiger charge is 2.19. The average molecular weight is 354 g/mol. The van der Waals surface area contributed by atoms with E-state index in [0.717, 1.165) is 22.1 Å². The van der Waals surface area contributed by atoms with E-state index in [4.69, 9.17) is 0 Å². The lowest BCUT2D eigenvalue weighted by Gasteiger charge is -2.21. The molecule has 0 aliphatic carbocycles. The molecule has 128 valence electrons. The molecule has 1 heterocycles. The Bertz CT molecular complexity index is 905. The van der Waals surface area contributed by atoms with E-state index in [1.165, 1.54) is 23.5 Å². The molecule has 2 aromatic carbocycles. The van der Waals surface area contributed by atoms with Gasteiger partial charge in [0.05, 0.1) is 9.80 Å². The van der Waals surface area contributed by atoms with Crippen molar-refractivity contribution in [3.05, 3.63) is 75.2 Å². The summed E-state index contributed by atoms with van der Waals surface area (Å²) in [5.41, 5.74) is 1.13. The Balaban J connectivity index is 1.88. The first-order valence-corrected chi connectivity index (χ1v) is 8.91. The molecule has 0 saturated heterocycles. The van der Waals surface area contributed by atoms with Crippen LogP contribution in [0.5, 0.6) is 0 Å². The Hall–Kier alpha value is -2.73. The summed E-state index contributed by atoms with van der Waals surface area (Å²) in [7, 11) is 0. The lowest BCUT2D eigenvalue weighted by atomic mass is 10.2. The number of rotatable bonds is 6. The highest BCUT2D eigenvalue weighted by Crippen LogP contribution is 2.30. The molecule has 0 bridgehead atoms. The maximum Gasteiger partial charge on any atom is 0.270 e. The monoisotopic (exact) mass is 354 g/mol. The van der Waals surface area contributed by atoms with Crippen LogP contribution in [0.25, 0.3) is 10.1 Å². The third-order valence-electron chi connectivity index (χ3n) is 3.92. The van der Waals surface area contributed by atoms with Crippen molar-refractivity contribution in [1.29, 1.82) is 0 Å². The van der Waals surface area contributed by atoms with Gasteiger partial charge in [-0.1, -0.05) is 37.3 Å². The Labute approximate surface area is 149 Å². The van der Waals surface area contributed by atoms with Gasteiger partial charge in [-0.3, -0.25) is 14.9 Å². The maximum absolute atomic E-state index is 12.9. The van der Waals surface area contributed by atoms with Crippen molar-refractivity contribution in [2.24, 2.45) is 0 Å². The van der Waals surface area contributed by atoms with Crippen LogP contribution in [0, 0.1) is 10.1 Å². The number of fused-ring (bicyclic) bond motifs is 1. The SMILES string of the molecule is CCCN(Cc1ccccc1)C(=O)c1cc2cc([N+](=O)[O-])ccc2s1. The van der Waals surface area contributed by atoms with Crippen LogP contribution in [0.1, 0.15) is 28.6 Å². The minimum atomic E-state index is -0.419. The molecular weight excluding hydrogens is 336 g/mol. The fourth-order valence-electron chi connectivity index (χ4n) is 2.73. The van der Waals surface area contributed by atoms with Gasteiger partial charge in [-0.25, -0.2) is 0 Å². The molecule has 1 amide bonds. The van der Waals surface area contributed by atoms with E-state index in [2.05, 4.69) is 0 Å². The van der Waals surface area contributed by atoms with Crippen molar-refractivity contribution in [2.75, 3.05) is 6.54 Å². The molecule has 0 saturated carbocycles.